The number of thiophene rings is 1. The molecular weight excluding hydrogens is 396 g/mol. The highest BCUT2D eigenvalue weighted by Crippen LogP contribution is 2.40. The van der Waals surface area contributed by atoms with Crippen molar-refractivity contribution in [2.24, 2.45) is 0 Å². The average molecular weight is 425 g/mol. The van der Waals surface area contributed by atoms with E-state index in [4.69, 9.17) is 9.47 Å². The molecule has 158 valence electrons. The third-order valence-corrected chi connectivity index (χ3v) is 6.90. The van der Waals surface area contributed by atoms with Gasteiger partial charge in [-0.3, -0.25) is 4.79 Å². The van der Waals surface area contributed by atoms with E-state index in [2.05, 4.69) is 30.1 Å². The highest BCUT2D eigenvalue weighted by atomic mass is 32.1. The highest BCUT2D eigenvalue weighted by molar-refractivity contribution is 7.21. The maximum Gasteiger partial charge on any atom is 0.264 e. The summed E-state index contributed by atoms with van der Waals surface area (Å²) in [7, 11) is 5.65. The molecule has 0 aliphatic carbocycles. The Kier molecular flexibility index (Phi) is 6.25. The summed E-state index contributed by atoms with van der Waals surface area (Å²) in [5, 5.41) is 1.23. The van der Waals surface area contributed by atoms with Crippen molar-refractivity contribution in [3.05, 3.63) is 59.0 Å². The lowest BCUT2D eigenvalue weighted by molar-refractivity contribution is 0.0777. The van der Waals surface area contributed by atoms with E-state index in [-0.39, 0.29) is 5.91 Å². The van der Waals surface area contributed by atoms with Crippen molar-refractivity contribution in [2.45, 2.75) is 12.3 Å². The molecule has 0 saturated carbocycles. The van der Waals surface area contributed by atoms with E-state index in [1.165, 1.54) is 15.6 Å². The minimum absolute atomic E-state index is 0.0825. The van der Waals surface area contributed by atoms with E-state index in [1.807, 2.05) is 37.4 Å². The summed E-state index contributed by atoms with van der Waals surface area (Å²) in [6, 6.07) is 15.9. The summed E-state index contributed by atoms with van der Waals surface area (Å²) in [5.74, 6) is 2.06. The Labute approximate surface area is 181 Å². The van der Waals surface area contributed by atoms with Crippen LogP contribution in [-0.2, 0) is 0 Å². The number of rotatable bonds is 7. The van der Waals surface area contributed by atoms with Crippen LogP contribution in [0.2, 0.25) is 0 Å². The van der Waals surface area contributed by atoms with Crippen molar-refractivity contribution in [3.63, 3.8) is 0 Å². The molecule has 1 aromatic heterocycles. The molecule has 2 aromatic carbocycles. The van der Waals surface area contributed by atoms with Crippen LogP contribution in [0.3, 0.4) is 0 Å². The molecule has 3 aromatic rings. The second-order valence-electron chi connectivity index (χ2n) is 7.84. The minimum atomic E-state index is 0.0825. The van der Waals surface area contributed by atoms with Crippen molar-refractivity contribution in [3.8, 4) is 11.5 Å². The van der Waals surface area contributed by atoms with Gasteiger partial charge in [0.15, 0.2) is 0 Å². The number of amides is 1. The van der Waals surface area contributed by atoms with Gasteiger partial charge in [0.25, 0.3) is 5.91 Å². The smallest absolute Gasteiger partial charge is 0.264 e. The fourth-order valence-electron chi connectivity index (χ4n) is 4.05. The third-order valence-electron chi connectivity index (χ3n) is 5.73. The molecule has 1 fully saturated rings. The van der Waals surface area contributed by atoms with E-state index in [0.717, 1.165) is 35.9 Å². The number of likely N-dealkylation sites (tertiary alicyclic amines) is 1. The summed E-state index contributed by atoms with van der Waals surface area (Å²) in [5.41, 5.74) is 1.23. The Hall–Kier alpha value is -2.57. The molecule has 1 aliphatic heterocycles. The Morgan fingerprint density at radius 3 is 2.60 bits per heavy atom. The lowest BCUT2D eigenvalue weighted by Crippen LogP contribution is -2.31. The summed E-state index contributed by atoms with van der Waals surface area (Å²) in [4.78, 5) is 18.3. The molecule has 0 N–H and O–H groups in total. The summed E-state index contributed by atoms with van der Waals surface area (Å²) in [6.45, 7) is 3.06. The van der Waals surface area contributed by atoms with Crippen LogP contribution in [0.1, 0.15) is 27.6 Å². The van der Waals surface area contributed by atoms with Crippen LogP contribution in [0, 0.1) is 0 Å². The fraction of sp³-hybridized carbons (Fsp3) is 0.375. The van der Waals surface area contributed by atoms with Gasteiger partial charge >= 0.3 is 0 Å². The van der Waals surface area contributed by atoms with Crippen LogP contribution < -0.4 is 9.47 Å². The van der Waals surface area contributed by atoms with E-state index >= 15 is 0 Å². The van der Waals surface area contributed by atoms with E-state index in [9.17, 15) is 4.79 Å². The lowest BCUT2D eigenvalue weighted by atomic mass is 9.95. The summed E-state index contributed by atoms with van der Waals surface area (Å²) < 4.78 is 12.2. The predicted molar refractivity (Wildman–Crippen MR) is 122 cm³/mol. The Balaban J connectivity index is 1.47. The fourth-order valence-corrected chi connectivity index (χ4v) is 5.33. The van der Waals surface area contributed by atoms with Crippen LogP contribution in [0.25, 0.3) is 10.1 Å². The second-order valence-corrected chi connectivity index (χ2v) is 8.89. The third kappa shape index (κ3) is 4.30. The molecule has 1 aliphatic rings. The monoisotopic (exact) mass is 424 g/mol. The van der Waals surface area contributed by atoms with Gasteiger partial charge in [-0.25, -0.2) is 0 Å². The first-order valence-corrected chi connectivity index (χ1v) is 11.1. The number of carbonyl (C=O) groups is 1. The maximum absolute atomic E-state index is 13.3. The first kappa shape index (κ1) is 20.7. The van der Waals surface area contributed by atoms with E-state index in [1.54, 1.807) is 23.3 Å². The van der Waals surface area contributed by atoms with Crippen molar-refractivity contribution >= 4 is 27.3 Å². The Bertz CT molecular complexity index is 1010. The molecule has 30 heavy (non-hydrogen) atoms. The standard InChI is InChI=1S/C24H28N2O3S/c1-25-13-12-17(16-25)22-20-6-4-5-7-21(20)30-23(22)24(27)26(2)14-15-29-19-10-8-18(28-3)9-11-19/h4-11,17H,12-16H2,1-3H3/t17-/m1/s1. The molecule has 1 saturated heterocycles. The van der Waals surface area contributed by atoms with Gasteiger partial charge in [-0.15, -0.1) is 11.3 Å². The Morgan fingerprint density at radius 2 is 1.90 bits per heavy atom. The van der Waals surface area contributed by atoms with Gasteiger partial charge in [0.05, 0.1) is 18.5 Å². The minimum Gasteiger partial charge on any atom is -0.497 e. The zero-order valence-corrected chi connectivity index (χ0v) is 18.6. The Morgan fingerprint density at radius 1 is 1.17 bits per heavy atom. The predicted octanol–water partition coefficient (Wildman–Crippen LogP) is 4.48. The number of ether oxygens (including phenoxy) is 2. The number of fused-ring (bicyclic) bond motifs is 1. The molecule has 0 radical (unpaired) electrons. The molecular formula is C24H28N2O3S. The normalized spacial score (nSPS) is 16.7. The first-order chi connectivity index (χ1) is 14.6. The zero-order chi connectivity index (χ0) is 21.1. The van der Waals surface area contributed by atoms with Crippen molar-refractivity contribution in [1.29, 1.82) is 0 Å². The molecule has 2 heterocycles. The summed E-state index contributed by atoms with van der Waals surface area (Å²) in [6.07, 6.45) is 1.10. The number of nitrogens with zero attached hydrogens (tertiary/aromatic N) is 2. The van der Waals surface area contributed by atoms with Crippen molar-refractivity contribution in [2.75, 3.05) is 47.4 Å². The average Bonchev–Trinajstić information content (AvgIpc) is 3.36. The largest absolute Gasteiger partial charge is 0.497 e. The second kappa shape index (κ2) is 9.06. The number of methoxy groups -OCH3 is 1. The van der Waals surface area contributed by atoms with Gasteiger partial charge in [-0.1, -0.05) is 18.2 Å². The molecule has 1 atom stereocenters. The molecule has 4 rings (SSSR count). The van der Waals surface area contributed by atoms with Crippen LogP contribution in [0.4, 0.5) is 0 Å². The topological polar surface area (TPSA) is 42.0 Å². The van der Waals surface area contributed by atoms with Crippen LogP contribution >= 0.6 is 11.3 Å². The molecule has 5 nitrogen and oxygen atoms in total. The van der Waals surface area contributed by atoms with E-state index < -0.39 is 0 Å². The number of benzene rings is 2. The molecule has 6 heteroatoms. The molecule has 0 spiro atoms. The highest BCUT2D eigenvalue weighted by Gasteiger charge is 2.30. The molecule has 0 bridgehead atoms. The van der Waals surface area contributed by atoms with Gasteiger partial charge in [0, 0.05) is 24.2 Å². The maximum atomic E-state index is 13.3. The number of hydrogen-bond acceptors (Lipinski definition) is 5. The van der Waals surface area contributed by atoms with Crippen LogP contribution in [0.5, 0.6) is 11.5 Å². The lowest BCUT2D eigenvalue weighted by Gasteiger charge is -2.19. The molecule has 1 amide bonds. The molecule has 0 unspecified atom stereocenters. The zero-order valence-electron chi connectivity index (χ0n) is 17.8. The quantitative estimate of drug-likeness (QED) is 0.561. The van der Waals surface area contributed by atoms with Crippen LogP contribution in [-0.4, -0.2) is 63.2 Å². The van der Waals surface area contributed by atoms with Crippen molar-refractivity contribution in [1.82, 2.24) is 9.80 Å². The van der Waals surface area contributed by atoms with Crippen molar-refractivity contribution < 1.29 is 14.3 Å². The first-order valence-electron chi connectivity index (χ1n) is 10.3. The number of carbonyl (C=O) groups excluding carboxylic acids is 1. The van der Waals surface area contributed by atoms with Gasteiger partial charge in [0.2, 0.25) is 0 Å². The van der Waals surface area contributed by atoms with E-state index in [0.29, 0.717) is 19.1 Å². The van der Waals surface area contributed by atoms with Gasteiger partial charge in [-0.2, -0.15) is 0 Å². The number of hydrogen-bond donors (Lipinski definition) is 0. The number of likely N-dealkylation sites (N-methyl/N-ethyl adjacent to an activating group) is 2. The van der Waals surface area contributed by atoms with Gasteiger partial charge < -0.3 is 19.3 Å². The SMILES string of the molecule is COc1ccc(OCCN(C)C(=O)c2sc3ccccc3c2[C@@H]2CCN(C)C2)cc1. The summed E-state index contributed by atoms with van der Waals surface area (Å²) >= 11 is 1.62. The van der Waals surface area contributed by atoms with Gasteiger partial charge in [0.1, 0.15) is 18.1 Å². The van der Waals surface area contributed by atoms with Gasteiger partial charge in [-0.05, 0) is 61.3 Å². The van der Waals surface area contributed by atoms with Crippen LogP contribution in [0.15, 0.2) is 48.5 Å².